The fourth-order valence-electron chi connectivity index (χ4n) is 4.30. The molecule has 1 aromatic heterocycles. The predicted molar refractivity (Wildman–Crippen MR) is 127 cm³/mol. The zero-order valence-electron chi connectivity index (χ0n) is 19.8. The number of oxazole rings is 1. The van der Waals surface area contributed by atoms with E-state index in [0.717, 1.165) is 24.8 Å². The van der Waals surface area contributed by atoms with Gasteiger partial charge in [-0.25, -0.2) is 9.78 Å². The van der Waals surface area contributed by atoms with Crippen LogP contribution in [-0.2, 0) is 16.1 Å². The first-order chi connectivity index (χ1) is 16.4. The highest BCUT2D eigenvalue weighted by atomic mass is 16.5. The minimum Gasteiger partial charge on any atom is -0.484 e. The number of piperidine rings is 1. The summed E-state index contributed by atoms with van der Waals surface area (Å²) in [6.07, 6.45) is 3.19. The van der Waals surface area contributed by atoms with E-state index in [1.807, 2.05) is 35.2 Å². The van der Waals surface area contributed by atoms with Gasteiger partial charge in [0.25, 0.3) is 5.91 Å². The van der Waals surface area contributed by atoms with Gasteiger partial charge in [-0.15, -0.1) is 0 Å². The predicted octanol–water partition coefficient (Wildman–Crippen LogP) is 5.18. The van der Waals surface area contributed by atoms with Crippen LogP contribution in [-0.4, -0.2) is 40.5 Å². The van der Waals surface area contributed by atoms with Gasteiger partial charge in [0.05, 0.1) is 5.56 Å². The molecule has 7 heteroatoms. The minimum absolute atomic E-state index is 0.0129. The van der Waals surface area contributed by atoms with Crippen molar-refractivity contribution in [3.63, 3.8) is 0 Å². The largest absolute Gasteiger partial charge is 0.484 e. The Labute approximate surface area is 199 Å². The quantitative estimate of drug-likeness (QED) is 0.450. The molecular weight excluding hydrogens is 432 g/mol. The summed E-state index contributed by atoms with van der Waals surface area (Å²) in [6, 6.07) is 16.6. The van der Waals surface area contributed by atoms with Crippen LogP contribution in [0.2, 0.25) is 0 Å². The second-order valence-corrected chi connectivity index (χ2v) is 8.71. The Morgan fingerprint density at radius 2 is 1.71 bits per heavy atom. The number of ether oxygens (including phenoxy) is 2. The van der Waals surface area contributed by atoms with E-state index < -0.39 is 5.97 Å². The fourth-order valence-corrected chi connectivity index (χ4v) is 4.30. The molecule has 2 heterocycles. The van der Waals surface area contributed by atoms with E-state index in [9.17, 15) is 9.59 Å². The monoisotopic (exact) mass is 462 g/mol. The van der Waals surface area contributed by atoms with Gasteiger partial charge in [0.2, 0.25) is 5.89 Å². The summed E-state index contributed by atoms with van der Waals surface area (Å²) in [7, 11) is 0. The van der Waals surface area contributed by atoms with E-state index in [2.05, 4.69) is 18.8 Å². The van der Waals surface area contributed by atoms with Crippen molar-refractivity contribution in [3.05, 3.63) is 71.6 Å². The molecule has 2 unspecified atom stereocenters. The van der Waals surface area contributed by atoms with Gasteiger partial charge in [0.15, 0.2) is 6.61 Å². The molecule has 7 nitrogen and oxygen atoms in total. The topological polar surface area (TPSA) is 81.9 Å². The number of benzene rings is 2. The highest BCUT2D eigenvalue weighted by Crippen LogP contribution is 2.24. The van der Waals surface area contributed by atoms with Crippen molar-refractivity contribution in [2.45, 2.75) is 58.7 Å². The van der Waals surface area contributed by atoms with Gasteiger partial charge in [0.1, 0.15) is 23.8 Å². The normalized spacial score (nSPS) is 17.9. The Kier molecular flexibility index (Phi) is 7.30. The molecule has 1 saturated heterocycles. The maximum absolute atomic E-state index is 12.6. The Bertz CT molecular complexity index is 1110. The molecule has 1 fully saturated rings. The van der Waals surface area contributed by atoms with Gasteiger partial charge in [-0.05, 0) is 76.4 Å². The number of carbonyl (C=O) groups excluding carboxylic acids is 2. The number of esters is 1. The van der Waals surface area contributed by atoms with Crippen LogP contribution in [0.4, 0.5) is 0 Å². The zero-order valence-corrected chi connectivity index (χ0v) is 19.8. The molecule has 0 saturated carbocycles. The van der Waals surface area contributed by atoms with E-state index in [-0.39, 0.29) is 31.2 Å². The molecule has 0 aliphatic carbocycles. The maximum Gasteiger partial charge on any atom is 0.338 e. The number of rotatable bonds is 7. The van der Waals surface area contributed by atoms with Gasteiger partial charge in [-0.2, -0.15) is 0 Å². The van der Waals surface area contributed by atoms with Crippen molar-refractivity contribution in [1.82, 2.24) is 9.88 Å². The van der Waals surface area contributed by atoms with Gasteiger partial charge in [-0.3, -0.25) is 4.79 Å². The van der Waals surface area contributed by atoms with E-state index in [1.165, 1.54) is 0 Å². The Balaban J connectivity index is 1.30. The molecule has 2 aromatic carbocycles. The molecule has 1 aliphatic rings. The number of nitrogens with zero attached hydrogens (tertiary/aromatic N) is 2. The maximum atomic E-state index is 12.6. The molecule has 4 rings (SSSR count). The molecule has 0 N–H and O–H groups in total. The number of hydrogen-bond acceptors (Lipinski definition) is 6. The van der Waals surface area contributed by atoms with Crippen LogP contribution < -0.4 is 4.74 Å². The number of carbonyl (C=O) groups is 2. The van der Waals surface area contributed by atoms with Crippen LogP contribution >= 0.6 is 0 Å². The molecule has 1 aliphatic heterocycles. The SMILES string of the molecule is Cc1oc(-c2ccccc2)nc1COC(=O)c1ccc(OCC(=O)N2C(C)CCCC2C)cc1. The number of hydrogen-bond donors (Lipinski definition) is 0. The second-order valence-electron chi connectivity index (χ2n) is 8.71. The minimum atomic E-state index is -0.470. The molecule has 2 atom stereocenters. The second kappa shape index (κ2) is 10.5. The molecule has 34 heavy (non-hydrogen) atoms. The van der Waals surface area contributed by atoms with E-state index in [0.29, 0.717) is 28.7 Å². The average molecular weight is 463 g/mol. The summed E-state index contributed by atoms with van der Waals surface area (Å²) in [4.78, 5) is 31.5. The third-order valence-corrected chi connectivity index (χ3v) is 6.19. The van der Waals surface area contributed by atoms with Crippen molar-refractivity contribution in [3.8, 4) is 17.2 Å². The van der Waals surface area contributed by atoms with Crippen LogP contribution in [0.1, 0.15) is 54.9 Å². The van der Waals surface area contributed by atoms with Crippen LogP contribution in [0, 0.1) is 6.92 Å². The first-order valence-corrected chi connectivity index (χ1v) is 11.6. The van der Waals surface area contributed by atoms with Crippen molar-refractivity contribution in [2.75, 3.05) is 6.61 Å². The van der Waals surface area contributed by atoms with Crippen molar-refractivity contribution in [1.29, 1.82) is 0 Å². The summed E-state index contributed by atoms with van der Waals surface area (Å²) in [5, 5.41) is 0. The number of aromatic nitrogens is 1. The first-order valence-electron chi connectivity index (χ1n) is 11.6. The molecule has 0 radical (unpaired) electrons. The summed E-state index contributed by atoms with van der Waals surface area (Å²) in [5.74, 6) is 1.15. The third-order valence-electron chi connectivity index (χ3n) is 6.19. The summed E-state index contributed by atoms with van der Waals surface area (Å²) in [5.41, 5.74) is 1.83. The average Bonchev–Trinajstić information content (AvgIpc) is 3.22. The number of aryl methyl sites for hydroxylation is 1. The van der Waals surface area contributed by atoms with Gasteiger partial charge in [-0.1, -0.05) is 18.2 Å². The van der Waals surface area contributed by atoms with Crippen molar-refractivity contribution in [2.24, 2.45) is 0 Å². The number of likely N-dealkylation sites (tertiary alicyclic amines) is 1. The van der Waals surface area contributed by atoms with Crippen LogP contribution in [0.15, 0.2) is 59.0 Å². The third kappa shape index (κ3) is 5.47. The lowest BCUT2D eigenvalue weighted by Crippen LogP contribution is -2.49. The standard InChI is InChI=1S/C27H30N2O5/c1-18-8-7-9-19(2)29(18)25(30)17-32-23-14-12-22(13-15-23)27(31)33-16-24-20(3)34-26(28-24)21-10-5-4-6-11-21/h4-6,10-15,18-19H,7-9,16-17H2,1-3H3. The summed E-state index contributed by atoms with van der Waals surface area (Å²) >= 11 is 0. The highest BCUT2D eigenvalue weighted by molar-refractivity contribution is 5.89. The lowest BCUT2D eigenvalue weighted by Gasteiger charge is -2.38. The Morgan fingerprint density at radius 1 is 1.03 bits per heavy atom. The van der Waals surface area contributed by atoms with Gasteiger partial charge in [0, 0.05) is 17.6 Å². The number of amides is 1. The first kappa shape index (κ1) is 23.5. The fraction of sp³-hybridized carbons (Fsp3) is 0.370. The zero-order chi connectivity index (χ0) is 24.1. The highest BCUT2D eigenvalue weighted by Gasteiger charge is 2.29. The molecule has 3 aromatic rings. The molecular formula is C27H30N2O5. The lowest BCUT2D eigenvalue weighted by molar-refractivity contribution is -0.139. The van der Waals surface area contributed by atoms with Crippen LogP contribution in [0.5, 0.6) is 5.75 Å². The Morgan fingerprint density at radius 3 is 2.38 bits per heavy atom. The molecule has 178 valence electrons. The Hall–Kier alpha value is -3.61. The molecule has 0 bridgehead atoms. The summed E-state index contributed by atoms with van der Waals surface area (Å²) in [6.45, 7) is 5.95. The van der Waals surface area contributed by atoms with Gasteiger partial charge < -0.3 is 18.8 Å². The van der Waals surface area contributed by atoms with E-state index in [1.54, 1.807) is 31.2 Å². The van der Waals surface area contributed by atoms with Gasteiger partial charge >= 0.3 is 5.97 Å². The summed E-state index contributed by atoms with van der Waals surface area (Å²) < 4.78 is 16.8. The van der Waals surface area contributed by atoms with E-state index in [4.69, 9.17) is 13.9 Å². The molecule has 0 spiro atoms. The lowest BCUT2D eigenvalue weighted by atomic mass is 9.97. The van der Waals surface area contributed by atoms with E-state index >= 15 is 0 Å². The van der Waals surface area contributed by atoms with Crippen LogP contribution in [0.25, 0.3) is 11.5 Å². The molecule has 1 amide bonds. The van der Waals surface area contributed by atoms with Crippen molar-refractivity contribution < 1.29 is 23.5 Å². The van der Waals surface area contributed by atoms with Crippen molar-refractivity contribution >= 4 is 11.9 Å². The van der Waals surface area contributed by atoms with Crippen LogP contribution in [0.3, 0.4) is 0 Å². The smallest absolute Gasteiger partial charge is 0.338 e.